The summed E-state index contributed by atoms with van der Waals surface area (Å²) < 4.78 is 13.4. The predicted molar refractivity (Wildman–Crippen MR) is 132 cm³/mol. The molecule has 5 nitrogen and oxygen atoms in total. The van der Waals surface area contributed by atoms with Gasteiger partial charge in [-0.3, -0.25) is 9.59 Å². The SMILES string of the molecule is CCN(Cc1ccccc1)C(=O)c1ccccc1N1CCC(NC(=O)c2cccc(F)c2)CC1. The van der Waals surface area contributed by atoms with Gasteiger partial charge in [-0.15, -0.1) is 0 Å². The van der Waals surface area contributed by atoms with E-state index in [1.165, 1.54) is 18.2 Å². The van der Waals surface area contributed by atoms with Crippen LogP contribution in [0.3, 0.4) is 0 Å². The van der Waals surface area contributed by atoms with Gasteiger partial charge in [0.2, 0.25) is 0 Å². The Morgan fingerprint density at radius 2 is 1.68 bits per heavy atom. The molecule has 0 aliphatic carbocycles. The summed E-state index contributed by atoms with van der Waals surface area (Å²) in [4.78, 5) is 30.0. The van der Waals surface area contributed by atoms with Gasteiger partial charge >= 0.3 is 0 Å². The summed E-state index contributed by atoms with van der Waals surface area (Å²) in [6.07, 6.45) is 1.51. The highest BCUT2D eigenvalue weighted by atomic mass is 19.1. The molecule has 0 bridgehead atoms. The van der Waals surface area contributed by atoms with Crippen LogP contribution in [0.25, 0.3) is 0 Å². The van der Waals surface area contributed by atoms with Gasteiger partial charge in [-0.1, -0.05) is 48.5 Å². The Morgan fingerprint density at radius 1 is 0.971 bits per heavy atom. The number of amides is 2. The number of rotatable bonds is 7. The average Bonchev–Trinajstić information content (AvgIpc) is 2.88. The molecule has 4 rings (SSSR count). The molecule has 34 heavy (non-hydrogen) atoms. The van der Waals surface area contributed by atoms with Crippen LogP contribution in [0, 0.1) is 5.82 Å². The highest BCUT2D eigenvalue weighted by Gasteiger charge is 2.25. The molecule has 3 aromatic carbocycles. The zero-order valence-electron chi connectivity index (χ0n) is 19.4. The molecule has 3 aromatic rings. The minimum atomic E-state index is -0.419. The number of halogens is 1. The van der Waals surface area contributed by atoms with Crippen LogP contribution in [-0.2, 0) is 6.54 Å². The van der Waals surface area contributed by atoms with Crippen molar-refractivity contribution in [1.29, 1.82) is 0 Å². The lowest BCUT2D eigenvalue weighted by Crippen LogP contribution is -2.45. The highest BCUT2D eigenvalue weighted by Crippen LogP contribution is 2.26. The van der Waals surface area contributed by atoms with Crippen LogP contribution in [0.15, 0.2) is 78.9 Å². The molecule has 6 heteroatoms. The van der Waals surface area contributed by atoms with Crippen LogP contribution >= 0.6 is 0 Å². The van der Waals surface area contributed by atoms with E-state index >= 15 is 0 Å². The Balaban J connectivity index is 1.41. The summed E-state index contributed by atoms with van der Waals surface area (Å²) in [7, 11) is 0. The molecule has 0 aromatic heterocycles. The second kappa shape index (κ2) is 11.0. The third kappa shape index (κ3) is 5.63. The minimum Gasteiger partial charge on any atom is -0.371 e. The van der Waals surface area contributed by atoms with Gasteiger partial charge in [0.25, 0.3) is 11.8 Å². The largest absolute Gasteiger partial charge is 0.371 e. The molecule has 1 heterocycles. The summed E-state index contributed by atoms with van der Waals surface area (Å²) in [6.45, 7) is 4.64. The second-order valence-electron chi connectivity index (χ2n) is 8.57. The standard InChI is InChI=1S/C28H30FN3O2/c1-2-31(20-21-9-4-3-5-10-21)28(34)25-13-6-7-14-26(25)32-17-15-24(16-18-32)30-27(33)22-11-8-12-23(29)19-22/h3-14,19,24H,2,15-18,20H2,1H3,(H,30,33). The lowest BCUT2D eigenvalue weighted by Gasteiger charge is -2.35. The van der Waals surface area contributed by atoms with Crippen molar-refractivity contribution in [2.75, 3.05) is 24.5 Å². The molecule has 0 atom stereocenters. The first kappa shape index (κ1) is 23.5. The zero-order chi connectivity index (χ0) is 23.9. The smallest absolute Gasteiger partial charge is 0.256 e. The number of carbonyl (C=O) groups excluding carboxylic acids is 2. The number of hydrogen-bond donors (Lipinski definition) is 1. The van der Waals surface area contributed by atoms with Crippen LogP contribution in [0.2, 0.25) is 0 Å². The van der Waals surface area contributed by atoms with Crippen LogP contribution in [0.1, 0.15) is 46.0 Å². The Bertz CT molecular complexity index is 1130. The quantitative estimate of drug-likeness (QED) is 0.548. The van der Waals surface area contributed by atoms with Crippen molar-refractivity contribution in [3.05, 3.63) is 101 Å². The number of hydrogen-bond acceptors (Lipinski definition) is 3. The number of para-hydroxylation sites is 1. The van der Waals surface area contributed by atoms with Crippen LogP contribution < -0.4 is 10.2 Å². The zero-order valence-corrected chi connectivity index (χ0v) is 19.4. The van der Waals surface area contributed by atoms with Gasteiger partial charge in [0, 0.05) is 43.5 Å². The van der Waals surface area contributed by atoms with Crippen molar-refractivity contribution in [2.24, 2.45) is 0 Å². The van der Waals surface area contributed by atoms with Crippen LogP contribution in [0.5, 0.6) is 0 Å². The Kier molecular flexibility index (Phi) is 7.58. The van der Waals surface area contributed by atoms with Gasteiger partial charge < -0.3 is 15.1 Å². The third-order valence-electron chi connectivity index (χ3n) is 6.28. The second-order valence-corrected chi connectivity index (χ2v) is 8.57. The molecule has 176 valence electrons. The van der Waals surface area contributed by atoms with E-state index in [0.29, 0.717) is 24.2 Å². The molecule has 1 fully saturated rings. The Labute approximate surface area is 200 Å². The van der Waals surface area contributed by atoms with E-state index in [2.05, 4.69) is 10.2 Å². The first-order valence-electron chi connectivity index (χ1n) is 11.8. The van der Waals surface area contributed by atoms with E-state index in [9.17, 15) is 14.0 Å². The highest BCUT2D eigenvalue weighted by molar-refractivity contribution is 6.00. The summed E-state index contributed by atoms with van der Waals surface area (Å²) in [5, 5.41) is 3.02. The number of carbonyl (C=O) groups is 2. The maximum absolute atomic E-state index is 13.4. The van der Waals surface area contributed by atoms with Crippen molar-refractivity contribution in [1.82, 2.24) is 10.2 Å². The van der Waals surface area contributed by atoms with Gasteiger partial charge in [-0.05, 0) is 55.7 Å². The summed E-state index contributed by atoms with van der Waals surface area (Å²) in [6, 6.07) is 23.5. The maximum atomic E-state index is 13.4. The first-order valence-corrected chi connectivity index (χ1v) is 11.8. The number of benzene rings is 3. The van der Waals surface area contributed by atoms with E-state index in [0.717, 1.165) is 37.2 Å². The fourth-order valence-corrected chi connectivity index (χ4v) is 4.39. The number of nitrogens with zero attached hydrogens (tertiary/aromatic N) is 2. The molecule has 1 N–H and O–H groups in total. The summed E-state index contributed by atoms with van der Waals surface area (Å²) in [5.41, 5.74) is 3.05. The molecule has 0 radical (unpaired) electrons. The van der Waals surface area contributed by atoms with E-state index in [-0.39, 0.29) is 17.9 Å². The molecular formula is C28H30FN3O2. The van der Waals surface area contributed by atoms with E-state index in [1.807, 2.05) is 66.4 Å². The lowest BCUT2D eigenvalue weighted by atomic mass is 10.0. The van der Waals surface area contributed by atoms with Crippen LogP contribution in [-0.4, -0.2) is 42.4 Å². The van der Waals surface area contributed by atoms with Gasteiger partial charge in [0.15, 0.2) is 0 Å². The Morgan fingerprint density at radius 3 is 2.38 bits per heavy atom. The first-order chi connectivity index (χ1) is 16.5. The van der Waals surface area contributed by atoms with Crippen molar-refractivity contribution in [2.45, 2.75) is 32.4 Å². The molecule has 1 saturated heterocycles. The Hall–Kier alpha value is -3.67. The lowest BCUT2D eigenvalue weighted by molar-refractivity contribution is 0.0753. The molecule has 1 aliphatic rings. The van der Waals surface area contributed by atoms with Crippen molar-refractivity contribution < 1.29 is 14.0 Å². The number of nitrogens with one attached hydrogen (secondary N) is 1. The fraction of sp³-hybridized carbons (Fsp3) is 0.286. The van der Waals surface area contributed by atoms with Gasteiger partial charge in [0.1, 0.15) is 5.82 Å². The van der Waals surface area contributed by atoms with Crippen molar-refractivity contribution in [3.8, 4) is 0 Å². The molecule has 0 spiro atoms. The molecule has 0 unspecified atom stereocenters. The minimum absolute atomic E-state index is 0.0140. The molecule has 0 saturated carbocycles. The summed E-state index contributed by atoms with van der Waals surface area (Å²) >= 11 is 0. The number of piperidine rings is 1. The third-order valence-corrected chi connectivity index (χ3v) is 6.28. The van der Waals surface area contributed by atoms with E-state index < -0.39 is 5.82 Å². The molecule has 2 amide bonds. The average molecular weight is 460 g/mol. The number of anilines is 1. The molecule has 1 aliphatic heterocycles. The predicted octanol–water partition coefficient (Wildman–Crippen LogP) is 4.89. The fourth-order valence-electron chi connectivity index (χ4n) is 4.39. The monoisotopic (exact) mass is 459 g/mol. The topological polar surface area (TPSA) is 52.7 Å². The normalized spacial score (nSPS) is 14.0. The van der Waals surface area contributed by atoms with E-state index in [1.54, 1.807) is 6.07 Å². The van der Waals surface area contributed by atoms with Crippen molar-refractivity contribution in [3.63, 3.8) is 0 Å². The molecular weight excluding hydrogens is 429 g/mol. The van der Waals surface area contributed by atoms with Gasteiger partial charge in [0.05, 0.1) is 5.56 Å². The van der Waals surface area contributed by atoms with Crippen LogP contribution in [0.4, 0.5) is 10.1 Å². The van der Waals surface area contributed by atoms with E-state index in [4.69, 9.17) is 0 Å². The van der Waals surface area contributed by atoms with Crippen molar-refractivity contribution >= 4 is 17.5 Å². The van der Waals surface area contributed by atoms with Gasteiger partial charge in [-0.2, -0.15) is 0 Å². The maximum Gasteiger partial charge on any atom is 0.256 e. The van der Waals surface area contributed by atoms with Gasteiger partial charge in [-0.25, -0.2) is 4.39 Å². The summed E-state index contributed by atoms with van der Waals surface area (Å²) in [5.74, 6) is -0.659.